The van der Waals surface area contributed by atoms with E-state index in [2.05, 4.69) is 14.6 Å². The third-order valence-electron chi connectivity index (χ3n) is 5.58. The number of nitrogens with zero attached hydrogens (tertiary/aromatic N) is 3. The topological polar surface area (TPSA) is 101 Å². The zero-order chi connectivity index (χ0) is 21.6. The SMILES string of the molecule is Cc1ccc2c(c1)S(=O)(=O)N=C(CN1CCN(C(=O)c3ccc4c(c3)OCO4)CC1)N2. The number of carbonyl (C=O) groups is 1. The maximum atomic E-state index is 12.8. The predicted molar refractivity (Wildman–Crippen MR) is 114 cm³/mol. The molecule has 1 saturated heterocycles. The molecule has 0 atom stereocenters. The van der Waals surface area contributed by atoms with Gasteiger partial charge in [-0.2, -0.15) is 8.42 Å². The minimum absolute atomic E-state index is 0.0574. The van der Waals surface area contributed by atoms with Gasteiger partial charge in [0.25, 0.3) is 15.9 Å². The molecule has 0 aromatic heterocycles. The highest BCUT2D eigenvalue weighted by atomic mass is 32.2. The molecule has 2 aromatic rings. The lowest BCUT2D eigenvalue weighted by Crippen LogP contribution is -2.50. The molecule has 9 nitrogen and oxygen atoms in total. The van der Waals surface area contributed by atoms with Crippen LogP contribution >= 0.6 is 0 Å². The molecule has 1 fully saturated rings. The molecule has 0 aliphatic carbocycles. The van der Waals surface area contributed by atoms with Crippen LogP contribution in [0.5, 0.6) is 11.5 Å². The van der Waals surface area contributed by atoms with Crippen molar-refractivity contribution >= 4 is 27.5 Å². The summed E-state index contributed by atoms with van der Waals surface area (Å²) >= 11 is 0. The Morgan fingerprint density at radius 2 is 1.84 bits per heavy atom. The van der Waals surface area contributed by atoms with E-state index < -0.39 is 10.0 Å². The highest BCUT2D eigenvalue weighted by Gasteiger charge is 2.28. The lowest BCUT2D eigenvalue weighted by Gasteiger charge is -2.35. The Balaban J connectivity index is 1.22. The van der Waals surface area contributed by atoms with Crippen molar-refractivity contribution in [3.05, 3.63) is 47.5 Å². The number of ether oxygens (including phenoxy) is 2. The first-order chi connectivity index (χ1) is 14.9. The normalized spacial score (nSPS) is 19.4. The summed E-state index contributed by atoms with van der Waals surface area (Å²) in [5.74, 6) is 1.57. The largest absolute Gasteiger partial charge is 0.454 e. The van der Waals surface area contributed by atoms with Gasteiger partial charge >= 0.3 is 0 Å². The van der Waals surface area contributed by atoms with Gasteiger partial charge in [0.05, 0.1) is 12.2 Å². The van der Waals surface area contributed by atoms with Crippen molar-refractivity contribution in [2.45, 2.75) is 11.8 Å². The third kappa shape index (κ3) is 3.84. The molecule has 0 unspecified atom stereocenters. The highest BCUT2D eigenvalue weighted by molar-refractivity contribution is 7.90. The fraction of sp³-hybridized carbons (Fsp3) is 0.333. The van der Waals surface area contributed by atoms with Gasteiger partial charge in [0, 0.05) is 31.7 Å². The zero-order valence-corrected chi connectivity index (χ0v) is 17.8. The summed E-state index contributed by atoms with van der Waals surface area (Å²) < 4.78 is 39.7. The number of hydrogen-bond donors (Lipinski definition) is 1. The summed E-state index contributed by atoms with van der Waals surface area (Å²) in [6.07, 6.45) is 0. The lowest BCUT2D eigenvalue weighted by molar-refractivity contribution is 0.0654. The number of nitrogens with one attached hydrogen (secondary N) is 1. The summed E-state index contributed by atoms with van der Waals surface area (Å²) in [6.45, 7) is 4.73. The molecule has 1 amide bonds. The van der Waals surface area contributed by atoms with Gasteiger partial charge in [-0.1, -0.05) is 6.07 Å². The van der Waals surface area contributed by atoms with Crippen LogP contribution in [0.25, 0.3) is 0 Å². The van der Waals surface area contributed by atoms with Crippen LogP contribution in [0, 0.1) is 6.92 Å². The molecule has 0 saturated carbocycles. The standard InChI is InChI=1S/C21H22N4O5S/c1-14-2-4-16-19(10-14)31(27,28)23-20(22-16)12-24-6-8-25(9-7-24)21(26)15-3-5-17-18(11-15)30-13-29-17/h2-5,10-11H,6-9,12-13H2,1H3,(H,22,23). The minimum atomic E-state index is -3.72. The van der Waals surface area contributed by atoms with Gasteiger partial charge in [-0.3, -0.25) is 9.69 Å². The number of aryl methyl sites for hydroxylation is 1. The summed E-state index contributed by atoms with van der Waals surface area (Å²) in [6, 6.07) is 10.5. The van der Waals surface area contributed by atoms with E-state index in [1.807, 2.05) is 13.0 Å². The Morgan fingerprint density at radius 1 is 1.06 bits per heavy atom. The zero-order valence-electron chi connectivity index (χ0n) is 17.0. The van der Waals surface area contributed by atoms with E-state index in [0.29, 0.717) is 61.3 Å². The molecule has 31 heavy (non-hydrogen) atoms. The number of anilines is 1. The number of rotatable bonds is 3. The molecule has 0 radical (unpaired) electrons. The molecular formula is C21H22N4O5S. The predicted octanol–water partition coefficient (Wildman–Crippen LogP) is 1.69. The van der Waals surface area contributed by atoms with E-state index in [4.69, 9.17) is 9.47 Å². The highest BCUT2D eigenvalue weighted by Crippen LogP contribution is 2.33. The molecule has 0 bridgehead atoms. The fourth-order valence-electron chi connectivity index (χ4n) is 3.92. The average Bonchev–Trinajstić information content (AvgIpc) is 3.22. The smallest absolute Gasteiger partial charge is 0.286 e. The number of sulfonamides is 1. The lowest BCUT2D eigenvalue weighted by atomic mass is 10.1. The number of amides is 1. The first-order valence-corrected chi connectivity index (χ1v) is 11.5. The minimum Gasteiger partial charge on any atom is -0.454 e. The molecule has 2 aromatic carbocycles. The van der Waals surface area contributed by atoms with E-state index >= 15 is 0 Å². The van der Waals surface area contributed by atoms with E-state index in [9.17, 15) is 13.2 Å². The Bertz CT molecular complexity index is 1190. The van der Waals surface area contributed by atoms with Crippen molar-refractivity contribution in [2.75, 3.05) is 44.8 Å². The first kappa shape index (κ1) is 19.8. The van der Waals surface area contributed by atoms with Gasteiger partial charge < -0.3 is 19.7 Å². The van der Waals surface area contributed by atoms with Crippen molar-refractivity contribution in [1.82, 2.24) is 9.80 Å². The number of piperazine rings is 1. The molecule has 3 heterocycles. The molecule has 0 spiro atoms. The van der Waals surface area contributed by atoms with Gasteiger partial charge in [-0.05, 0) is 42.8 Å². The maximum Gasteiger partial charge on any atom is 0.286 e. The molecule has 5 rings (SSSR count). The van der Waals surface area contributed by atoms with Crippen LogP contribution in [-0.2, 0) is 10.0 Å². The van der Waals surface area contributed by atoms with Crippen LogP contribution in [0.3, 0.4) is 0 Å². The Morgan fingerprint density at radius 3 is 2.65 bits per heavy atom. The fourth-order valence-corrected chi connectivity index (χ4v) is 5.14. The second-order valence-corrected chi connectivity index (χ2v) is 9.35. The molecule has 1 N–H and O–H groups in total. The van der Waals surface area contributed by atoms with Crippen molar-refractivity contribution in [1.29, 1.82) is 0 Å². The van der Waals surface area contributed by atoms with Crippen LogP contribution in [-0.4, -0.2) is 69.5 Å². The van der Waals surface area contributed by atoms with Crippen molar-refractivity contribution in [2.24, 2.45) is 4.40 Å². The van der Waals surface area contributed by atoms with Crippen molar-refractivity contribution in [3.63, 3.8) is 0 Å². The third-order valence-corrected chi connectivity index (χ3v) is 6.93. The van der Waals surface area contributed by atoms with E-state index in [1.54, 1.807) is 35.2 Å². The van der Waals surface area contributed by atoms with Crippen molar-refractivity contribution < 1.29 is 22.7 Å². The number of amidine groups is 1. The van der Waals surface area contributed by atoms with Crippen LogP contribution in [0.15, 0.2) is 45.7 Å². The number of carbonyl (C=O) groups excluding carboxylic acids is 1. The second kappa shape index (κ2) is 7.54. The van der Waals surface area contributed by atoms with Gasteiger partial charge in [-0.25, -0.2) is 0 Å². The second-order valence-electron chi connectivity index (χ2n) is 7.77. The van der Waals surface area contributed by atoms with Crippen LogP contribution < -0.4 is 14.8 Å². The van der Waals surface area contributed by atoms with E-state index in [-0.39, 0.29) is 17.6 Å². The Kier molecular flexibility index (Phi) is 4.82. The first-order valence-electron chi connectivity index (χ1n) is 10.0. The molecule has 162 valence electrons. The summed E-state index contributed by atoms with van der Waals surface area (Å²) in [5.41, 5.74) is 1.98. The Hall–Kier alpha value is -3.11. The number of hydrogen-bond acceptors (Lipinski definition) is 7. The van der Waals surface area contributed by atoms with Gasteiger partial charge in [0.2, 0.25) is 6.79 Å². The van der Waals surface area contributed by atoms with Gasteiger partial charge in [0.15, 0.2) is 11.5 Å². The average molecular weight is 442 g/mol. The van der Waals surface area contributed by atoms with E-state index in [1.165, 1.54) is 0 Å². The molecule has 3 aliphatic rings. The summed E-state index contributed by atoms with van der Waals surface area (Å²) in [7, 11) is -3.72. The van der Waals surface area contributed by atoms with Crippen molar-refractivity contribution in [3.8, 4) is 11.5 Å². The van der Waals surface area contributed by atoms with Crippen LogP contribution in [0.1, 0.15) is 15.9 Å². The van der Waals surface area contributed by atoms with Gasteiger partial charge in [-0.15, -0.1) is 4.40 Å². The van der Waals surface area contributed by atoms with E-state index in [0.717, 1.165) is 5.56 Å². The van der Waals surface area contributed by atoms with Gasteiger partial charge in [0.1, 0.15) is 10.7 Å². The monoisotopic (exact) mass is 442 g/mol. The maximum absolute atomic E-state index is 12.8. The quantitative estimate of drug-likeness (QED) is 0.772. The Labute approximate surface area is 180 Å². The molecule has 3 aliphatic heterocycles. The summed E-state index contributed by atoms with van der Waals surface area (Å²) in [5, 5.41) is 3.13. The number of fused-ring (bicyclic) bond motifs is 2. The number of benzene rings is 2. The van der Waals surface area contributed by atoms with Crippen LogP contribution in [0.2, 0.25) is 0 Å². The van der Waals surface area contributed by atoms with Crippen LogP contribution in [0.4, 0.5) is 5.69 Å². The molecule has 10 heteroatoms. The molecular weight excluding hydrogens is 420 g/mol. The summed E-state index contributed by atoms with van der Waals surface area (Å²) in [4.78, 5) is 16.9.